The molecule has 0 unspecified atom stereocenters. The molecule has 0 saturated carbocycles. The molecule has 1 saturated heterocycles. The molecule has 0 spiro atoms. The highest BCUT2D eigenvalue weighted by atomic mass is 35.5. The molecule has 3 atom stereocenters. The van der Waals surface area contributed by atoms with Crippen LogP contribution in [0, 0.1) is 0 Å². The van der Waals surface area contributed by atoms with Crippen molar-refractivity contribution in [2.75, 3.05) is 27.4 Å². The van der Waals surface area contributed by atoms with Gasteiger partial charge in [-0.1, -0.05) is 59.6 Å². The van der Waals surface area contributed by atoms with Crippen LogP contribution in [0.25, 0.3) is 22.4 Å². The van der Waals surface area contributed by atoms with Crippen molar-refractivity contribution in [2.45, 2.75) is 63.4 Å². The van der Waals surface area contributed by atoms with Crippen molar-refractivity contribution in [3.63, 3.8) is 0 Å². The molecule has 13 nitrogen and oxygen atoms in total. The Morgan fingerprint density at radius 3 is 2.46 bits per heavy atom. The van der Waals surface area contributed by atoms with Gasteiger partial charge in [0.05, 0.1) is 37.7 Å². The van der Waals surface area contributed by atoms with Gasteiger partial charge < -0.3 is 35.1 Å². The van der Waals surface area contributed by atoms with Crippen molar-refractivity contribution in [3.8, 4) is 40.0 Å². The molecule has 2 aromatic heterocycles. The van der Waals surface area contributed by atoms with Gasteiger partial charge in [0.15, 0.2) is 0 Å². The van der Waals surface area contributed by atoms with Gasteiger partial charge in [-0.2, -0.15) is 4.98 Å². The van der Waals surface area contributed by atoms with E-state index in [0.29, 0.717) is 59.3 Å². The molecule has 6 rings (SSSR count). The van der Waals surface area contributed by atoms with E-state index in [1.807, 2.05) is 36.4 Å². The summed E-state index contributed by atoms with van der Waals surface area (Å²) in [4.78, 5) is 37.0. The van der Waals surface area contributed by atoms with Gasteiger partial charge in [-0.15, -0.1) is 0 Å². The van der Waals surface area contributed by atoms with Crippen LogP contribution < -0.4 is 30.2 Å². The number of ether oxygens (including phenoxy) is 3. The summed E-state index contributed by atoms with van der Waals surface area (Å²) in [5.41, 5.74) is 4.77. The highest BCUT2D eigenvalue weighted by Crippen LogP contribution is 2.44. The van der Waals surface area contributed by atoms with Crippen molar-refractivity contribution >= 4 is 35.1 Å². The van der Waals surface area contributed by atoms with Crippen molar-refractivity contribution in [1.82, 2.24) is 30.9 Å². The lowest BCUT2D eigenvalue weighted by molar-refractivity contribution is -0.146. The Morgan fingerprint density at radius 1 is 1.00 bits per heavy atom. The van der Waals surface area contributed by atoms with Crippen molar-refractivity contribution in [3.05, 3.63) is 81.1 Å². The highest BCUT2D eigenvalue weighted by Gasteiger charge is 2.33. The quantitative estimate of drug-likeness (QED) is 0.111. The first-order valence-electron chi connectivity index (χ1n) is 16.9. The first kappa shape index (κ1) is 37.2. The van der Waals surface area contributed by atoms with Crippen LogP contribution in [0.2, 0.25) is 10.0 Å². The number of aliphatic carboxylic acids is 1. The second-order valence-electron chi connectivity index (χ2n) is 12.9. The third-order valence-corrected chi connectivity index (χ3v) is 10.1. The van der Waals surface area contributed by atoms with Crippen molar-refractivity contribution in [1.29, 1.82) is 0 Å². The molecule has 15 heteroatoms. The first-order chi connectivity index (χ1) is 25.0. The zero-order valence-corrected chi connectivity index (χ0v) is 30.5. The van der Waals surface area contributed by atoms with E-state index in [4.69, 9.17) is 42.4 Å². The lowest BCUT2D eigenvalue weighted by Crippen LogP contribution is -2.52. The maximum absolute atomic E-state index is 11.6. The fourth-order valence-electron chi connectivity index (χ4n) is 6.44. The number of halogens is 2. The number of rotatable bonds is 15. The number of pyridine rings is 1. The number of aromatic nitrogens is 3. The molecular weight excluding hydrogens is 711 g/mol. The SMILES string of the molecule is COc1nc(O[C@H]2CCc3c(-c4cccc(-c5cnc(CNC[C@@H]6CCC(=O)N6)c(OC)n5)c4Cl)cccc32)c(Cl)cc1CN[C@@](C)(CO)C(=O)O. The summed E-state index contributed by atoms with van der Waals surface area (Å²) < 4.78 is 17.5. The van der Waals surface area contributed by atoms with Crippen LogP contribution in [0.1, 0.15) is 54.7 Å². The average Bonchev–Trinajstić information content (AvgIpc) is 3.76. The number of nitrogens with zero attached hydrogens (tertiary/aromatic N) is 3. The number of carboxylic acids is 1. The Kier molecular flexibility index (Phi) is 11.5. The van der Waals surface area contributed by atoms with E-state index < -0.39 is 18.1 Å². The summed E-state index contributed by atoms with van der Waals surface area (Å²) >= 11 is 13.7. The largest absolute Gasteiger partial charge is 0.481 e. The molecule has 0 bridgehead atoms. The molecule has 1 amide bonds. The lowest BCUT2D eigenvalue weighted by Gasteiger charge is -2.24. The van der Waals surface area contributed by atoms with Gasteiger partial charge >= 0.3 is 5.97 Å². The van der Waals surface area contributed by atoms with Crippen LogP contribution in [0.5, 0.6) is 17.6 Å². The van der Waals surface area contributed by atoms with Crippen LogP contribution in [-0.2, 0) is 29.1 Å². The molecular formula is C37H40Cl2N6O7. The number of hydrogen-bond donors (Lipinski definition) is 5. The van der Waals surface area contributed by atoms with E-state index in [0.717, 1.165) is 35.1 Å². The molecule has 0 radical (unpaired) electrons. The van der Waals surface area contributed by atoms with Crippen LogP contribution >= 0.6 is 23.2 Å². The summed E-state index contributed by atoms with van der Waals surface area (Å²) in [5.74, 6) is -0.326. The number of nitrogens with one attached hydrogen (secondary N) is 3. The van der Waals surface area contributed by atoms with Gasteiger partial charge in [-0.25, -0.2) is 4.98 Å². The number of fused-ring (bicyclic) bond motifs is 1. The minimum Gasteiger partial charge on any atom is -0.481 e. The number of carboxylic acid groups (broad SMARTS) is 1. The van der Waals surface area contributed by atoms with E-state index in [1.165, 1.54) is 14.0 Å². The Morgan fingerprint density at radius 2 is 1.75 bits per heavy atom. The predicted octanol–water partition coefficient (Wildman–Crippen LogP) is 4.89. The number of carbonyl (C=O) groups excluding carboxylic acids is 1. The van der Waals surface area contributed by atoms with Crippen LogP contribution in [0.3, 0.4) is 0 Å². The molecule has 1 aliphatic heterocycles. The minimum absolute atomic E-state index is 0.0387. The second-order valence-corrected chi connectivity index (χ2v) is 13.7. The molecule has 2 aliphatic rings. The third-order valence-electron chi connectivity index (χ3n) is 9.44. The van der Waals surface area contributed by atoms with Gasteiger partial charge in [0.2, 0.25) is 23.5 Å². The van der Waals surface area contributed by atoms with E-state index in [2.05, 4.69) is 25.9 Å². The normalized spacial score (nSPS) is 17.7. The zero-order chi connectivity index (χ0) is 37.0. The molecule has 3 heterocycles. The molecule has 1 aliphatic carbocycles. The fourth-order valence-corrected chi connectivity index (χ4v) is 6.98. The number of aliphatic hydroxyl groups is 1. The topological polar surface area (TPSA) is 177 Å². The van der Waals surface area contributed by atoms with Crippen LogP contribution in [-0.4, -0.2) is 76.0 Å². The van der Waals surface area contributed by atoms with E-state index in [-0.39, 0.29) is 41.4 Å². The standard InChI is InChI=1S/C37H40Cl2N6O7/c1-37(19-46,36(48)49)42-15-20-14-27(38)34(45-33(20)50-2)52-30-12-11-23-22(6-4-7-24(23)30)25-8-5-9-26(32(25)39)28-18-41-29(35(44-28)51-3)17-40-16-21-10-13-31(47)43-21/h4-9,14,18,21,30,40,42,46H,10-13,15-17,19H2,1-3H3,(H,43,47)(H,48,49)/t21-,30-,37-/m0/s1. The summed E-state index contributed by atoms with van der Waals surface area (Å²) in [6, 6.07) is 13.5. The minimum atomic E-state index is -1.56. The molecule has 5 N–H and O–H groups in total. The zero-order valence-electron chi connectivity index (χ0n) is 29.0. The number of methoxy groups -OCH3 is 2. The number of hydrogen-bond acceptors (Lipinski definition) is 11. The van der Waals surface area contributed by atoms with Crippen molar-refractivity contribution < 1.29 is 34.0 Å². The maximum atomic E-state index is 11.6. The van der Waals surface area contributed by atoms with E-state index in [9.17, 15) is 19.8 Å². The fraction of sp³-hybridized carbons (Fsp3) is 0.378. The number of amides is 1. The van der Waals surface area contributed by atoms with Gasteiger partial charge in [0.25, 0.3) is 0 Å². The van der Waals surface area contributed by atoms with Gasteiger partial charge in [0, 0.05) is 48.8 Å². The summed E-state index contributed by atoms with van der Waals surface area (Å²) in [6.07, 6.45) is 4.09. The Hall–Kier alpha value is -4.53. The van der Waals surface area contributed by atoms with Gasteiger partial charge in [0.1, 0.15) is 22.4 Å². The predicted molar refractivity (Wildman–Crippen MR) is 195 cm³/mol. The van der Waals surface area contributed by atoms with Gasteiger partial charge in [-0.05, 0) is 48.9 Å². The van der Waals surface area contributed by atoms with E-state index >= 15 is 0 Å². The van der Waals surface area contributed by atoms with Gasteiger partial charge in [-0.3, -0.25) is 19.9 Å². The first-order valence-corrected chi connectivity index (χ1v) is 17.6. The Balaban J connectivity index is 1.20. The number of carbonyl (C=O) groups is 2. The molecule has 52 heavy (non-hydrogen) atoms. The summed E-state index contributed by atoms with van der Waals surface area (Å²) in [7, 11) is 3.01. The monoisotopic (exact) mass is 750 g/mol. The Labute approximate surface area is 311 Å². The Bertz CT molecular complexity index is 1980. The third kappa shape index (κ3) is 7.79. The molecule has 274 valence electrons. The second kappa shape index (κ2) is 16.0. The lowest BCUT2D eigenvalue weighted by atomic mass is 9.95. The molecule has 1 fully saturated rings. The smallest absolute Gasteiger partial charge is 0.326 e. The average molecular weight is 752 g/mol. The van der Waals surface area contributed by atoms with Crippen molar-refractivity contribution in [2.24, 2.45) is 0 Å². The van der Waals surface area contributed by atoms with E-state index in [1.54, 1.807) is 19.4 Å². The maximum Gasteiger partial charge on any atom is 0.326 e. The number of aliphatic hydroxyl groups excluding tert-OH is 1. The van der Waals surface area contributed by atoms with Crippen LogP contribution in [0.4, 0.5) is 0 Å². The summed E-state index contributed by atoms with van der Waals surface area (Å²) in [5, 5.41) is 29.0. The summed E-state index contributed by atoms with van der Waals surface area (Å²) in [6.45, 7) is 1.88. The highest BCUT2D eigenvalue weighted by molar-refractivity contribution is 6.36. The van der Waals surface area contributed by atoms with Crippen LogP contribution in [0.15, 0.2) is 48.7 Å². The molecule has 2 aromatic carbocycles. The number of benzene rings is 2. The molecule has 4 aromatic rings.